The first-order valence-corrected chi connectivity index (χ1v) is 16.1. The van der Waals surface area contributed by atoms with E-state index in [4.69, 9.17) is 23.2 Å². The largest absolute Gasteiger partial charge is 0.294 e. The van der Waals surface area contributed by atoms with Crippen LogP contribution in [0.3, 0.4) is 0 Å². The van der Waals surface area contributed by atoms with E-state index in [-0.39, 0.29) is 32.8 Å². The van der Waals surface area contributed by atoms with Gasteiger partial charge < -0.3 is 0 Å². The van der Waals surface area contributed by atoms with Gasteiger partial charge in [-0.3, -0.25) is 19.4 Å². The summed E-state index contributed by atoms with van der Waals surface area (Å²) in [6.45, 7) is 13.8. The van der Waals surface area contributed by atoms with Gasteiger partial charge in [0, 0.05) is 34.7 Å². The number of rotatable bonds is 2. The van der Waals surface area contributed by atoms with Crippen LogP contribution in [0.15, 0.2) is 58.1 Å². The molecule has 226 valence electrons. The van der Waals surface area contributed by atoms with Gasteiger partial charge in [0.25, 0.3) is 11.1 Å². The number of para-hydroxylation sites is 2. The van der Waals surface area contributed by atoms with Crippen molar-refractivity contribution < 1.29 is 0 Å². The van der Waals surface area contributed by atoms with Crippen LogP contribution >= 0.6 is 23.2 Å². The first-order chi connectivity index (χ1) is 20.2. The maximum atomic E-state index is 13.1. The second-order valence-corrected chi connectivity index (χ2v) is 15.5. The molecule has 4 aliphatic carbocycles. The topological polar surface area (TPSA) is 64.7 Å². The molecule has 1 N–H and O–H groups in total. The molecule has 0 saturated heterocycles. The summed E-state index contributed by atoms with van der Waals surface area (Å²) < 4.78 is 5.41. The summed E-state index contributed by atoms with van der Waals surface area (Å²) in [5, 5.41) is 4.57. The Hall–Kier alpha value is -2.96. The fourth-order valence-corrected chi connectivity index (χ4v) is 9.80. The van der Waals surface area contributed by atoms with E-state index in [1.54, 1.807) is 9.36 Å². The van der Waals surface area contributed by atoms with Crippen molar-refractivity contribution in [2.75, 3.05) is 0 Å². The Morgan fingerprint density at radius 3 is 1.79 bits per heavy atom. The third-order valence-corrected chi connectivity index (χ3v) is 13.3. The molecule has 4 aromatic rings. The molecular formula is C35H40Cl2N4O2. The summed E-state index contributed by atoms with van der Waals surface area (Å²) in [5.41, 5.74) is 6.41. The lowest BCUT2D eigenvalue weighted by Crippen LogP contribution is -2.35. The third-order valence-electron chi connectivity index (χ3n) is 12.6. The monoisotopic (exact) mass is 618 g/mol. The lowest BCUT2D eigenvalue weighted by molar-refractivity contribution is 0.218. The Labute approximate surface area is 262 Å². The van der Waals surface area contributed by atoms with Gasteiger partial charge in [-0.1, -0.05) is 89.0 Å². The SMILES string of the molecule is CC1(C)[C@H]2CC[C@]1(C)c1[nH]n(-c3ccccc3Cl)c(=O)c12.Cn1c2c(c(=O)n1-c1ccccc1Cl)[C@@H]1CC[C@@]2(C)C1(C)C. The summed E-state index contributed by atoms with van der Waals surface area (Å²) in [4.78, 5) is 26.0. The van der Waals surface area contributed by atoms with E-state index in [0.29, 0.717) is 21.9 Å². The molecule has 0 amide bonds. The van der Waals surface area contributed by atoms with Crippen LogP contribution in [0.25, 0.3) is 11.4 Å². The smallest absolute Gasteiger partial charge is 0.275 e. The minimum absolute atomic E-state index is 0.0542. The summed E-state index contributed by atoms with van der Waals surface area (Å²) in [6.07, 6.45) is 4.50. The van der Waals surface area contributed by atoms with Crippen LogP contribution in [0.1, 0.15) is 102 Å². The lowest BCUT2D eigenvalue weighted by atomic mass is 9.70. The highest BCUT2D eigenvalue weighted by Gasteiger charge is 2.63. The Balaban J connectivity index is 0.000000140. The van der Waals surface area contributed by atoms with Gasteiger partial charge in [0.2, 0.25) is 0 Å². The Kier molecular flexibility index (Phi) is 6.05. The Morgan fingerprint density at radius 2 is 1.23 bits per heavy atom. The number of benzene rings is 2. The molecular weight excluding hydrogens is 579 g/mol. The van der Waals surface area contributed by atoms with Crippen molar-refractivity contribution in [1.29, 1.82) is 0 Å². The molecule has 0 unspecified atom stereocenters. The van der Waals surface area contributed by atoms with Crippen LogP contribution in [0, 0.1) is 10.8 Å². The van der Waals surface area contributed by atoms with Gasteiger partial charge in [0.05, 0.1) is 27.1 Å². The normalized spacial score (nSPS) is 28.5. The molecule has 8 heteroatoms. The van der Waals surface area contributed by atoms with Gasteiger partial charge in [-0.05, 0) is 72.6 Å². The molecule has 4 aliphatic rings. The maximum Gasteiger partial charge on any atom is 0.275 e. The second kappa shape index (κ2) is 9.04. The number of nitrogens with one attached hydrogen (secondary N) is 1. The van der Waals surface area contributed by atoms with E-state index < -0.39 is 0 Å². The van der Waals surface area contributed by atoms with E-state index in [0.717, 1.165) is 53.9 Å². The van der Waals surface area contributed by atoms with Crippen molar-refractivity contribution in [2.24, 2.45) is 17.9 Å². The first kappa shape index (κ1) is 28.8. The first-order valence-electron chi connectivity index (χ1n) is 15.4. The average molecular weight is 620 g/mol. The summed E-state index contributed by atoms with van der Waals surface area (Å²) in [7, 11) is 1.99. The third kappa shape index (κ3) is 3.43. The predicted molar refractivity (Wildman–Crippen MR) is 174 cm³/mol. The molecule has 0 aliphatic heterocycles. The summed E-state index contributed by atoms with van der Waals surface area (Å²) in [5.74, 6) is 0.708. The highest BCUT2D eigenvalue weighted by atomic mass is 35.5. The number of nitrogens with zero attached hydrogens (tertiary/aromatic N) is 3. The number of aromatic amines is 1. The van der Waals surface area contributed by atoms with Crippen LogP contribution in [0.5, 0.6) is 0 Å². The van der Waals surface area contributed by atoms with Crippen LogP contribution in [0.2, 0.25) is 10.0 Å². The van der Waals surface area contributed by atoms with Crippen molar-refractivity contribution in [1.82, 2.24) is 19.1 Å². The molecule has 0 radical (unpaired) electrons. The Morgan fingerprint density at radius 1 is 0.721 bits per heavy atom. The molecule has 43 heavy (non-hydrogen) atoms. The fourth-order valence-electron chi connectivity index (χ4n) is 9.37. The minimum Gasteiger partial charge on any atom is -0.294 e. The quantitative estimate of drug-likeness (QED) is 0.247. The summed E-state index contributed by atoms with van der Waals surface area (Å²) in [6, 6.07) is 15.0. The van der Waals surface area contributed by atoms with E-state index in [9.17, 15) is 9.59 Å². The van der Waals surface area contributed by atoms with Gasteiger partial charge in [0.1, 0.15) is 0 Å². The standard InChI is InChI=1S/C18H21ClN2O.C17H19ClN2O/c1-17(2)11-9-10-18(17,3)15-14(11)16(22)21(20(15)4)13-8-6-5-7-12(13)19;1-16(2)10-8-9-17(16,3)14-13(10)15(21)20(19-14)12-7-5-4-6-11(12)18/h5-8,11H,9-10H2,1-4H3;4-7,10,19H,8-9H2,1-3H3/t11-,18+;10-,17+/m00/s1. The second-order valence-electron chi connectivity index (χ2n) is 14.6. The van der Waals surface area contributed by atoms with Crippen molar-refractivity contribution in [2.45, 2.75) is 89.9 Å². The van der Waals surface area contributed by atoms with Gasteiger partial charge in [-0.2, -0.15) is 0 Å². The van der Waals surface area contributed by atoms with Gasteiger partial charge in [0.15, 0.2) is 0 Å². The van der Waals surface area contributed by atoms with Crippen molar-refractivity contribution in [3.63, 3.8) is 0 Å². The van der Waals surface area contributed by atoms with Gasteiger partial charge in [-0.15, -0.1) is 0 Å². The fraction of sp³-hybridized carbons (Fsp3) is 0.486. The van der Waals surface area contributed by atoms with Gasteiger partial charge >= 0.3 is 0 Å². The molecule has 6 nitrogen and oxygen atoms in total. The predicted octanol–water partition coefficient (Wildman–Crippen LogP) is 8.00. The van der Waals surface area contributed by atoms with Crippen molar-refractivity contribution >= 4 is 23.2 Å². The Bertz CT molecular complexity index is 1920. The van der Waals surface area contributed by atoms with Crippen LogP contribution in [-0.2, 0) is 17.9 Å². The molecule has 2 heterocycles. The lowest BCUT2D eigenvalue weighted by Gasteiger charge is -2.36. The van der Waals surface area contributed by atoms with E-state index in [1.807, 2.05) is 60.3 Å². The zero-order valence-corrected chi connectivity index (χ0v) is 27.5. The molecule has 8 rings (SSSR count). The molecule has 2 aromatic heterocycles. The van der Waals surface area contributed by atoms with E-state index >= 15 is 0 Å². The van der Waals surface area contributed by atoms with E-state index in [1.165, 1.54) is 5.69 Å². The highest BCUT2D eigenvalue weighted by Crippen LogP contribution is 2.67. The number of hydrogen-bond donors (Lipinski definition) is 1. The zero-order valence-electron chi connectivity index (χ0n) is 26.0. The zero-order chi connectivity index (χ0) is 30.9. The number of halogens is 2. The number of fused-ring (bicyclic) bond motifs is 10. The molecule has 2 fully saturated rings. The van der Waals surface area contributed by atoms with Crippen molar-refractivity contribution in [3.05, 3.63) is 102 Å². The highest BCUT2D eigenvalue weighted by molar-refractivity contribution is 6.32. The minimum atomic E-state index is 0.0542. The molecule has 0 spiro atoms. The van der Waals surface area contributed by atoms with Crippen LogP contribution in [-0.4, -0.2) is 19.1 Å². The summed E-state index contributed by atoms with van der Waals surface area (Å²) >= 11 is 12.6. The van der Waals surface area contributed by atoms with Crippen LogP contribution in [0.4, 0.5) is 0 Å². The molecule has 4 atom stereocenters. The number of hydrogen-bond acceptors (Lipinski definition) is 2. The molecule has 2 saturated carbocycles. The molecule has 4 bridgehead atoms. The maximum absolute atomic E-state index is 13.1. The number of H-pyrrole nitrogens is 1. The van der Waals surface area contributed by atoms with Gasteiger partial charge in [-0.25, -0.2) is 9.36 Å². The van der Waals surface area contributed by atoms with Crippen molar-refractivity contribution in [3.8, 4) is 11.4 Å². The number of aromatic nitrogens is 4. The van der Waals surface area contributed by atoms with E-state index in [2.05, 4.69) is 46.6 Å². The van der Waals surface area contributed by atoms with Crippen LogP contribution < -0.4 is 11.1 Å². The average Bonchev–Trinajstić information content (AvgIpc) is 3.66. The molecule has 2 aromatic carbocycles.